The van der Waals surface area contributed by atoms with Gasteiger partial charge in [0.05, 0.1) is 13.2 Å². The van der Waals surface area contributed by atoms with Crippen LogP contribution in [0.15, 0.2) is 11.8 Å². The summed E-state index contributed by atoms with van der Waals surface area (Å²) in [6.07, 6.45) is 1.12. The third-order valence-electron chi connectivity index (χ3n) is 1.87. The minimum atomic E-state index is -0.345. The van der Waals surface area contributed by atoms with Crippen LogP contribution in [0.1, 0.15) is 27.7 Å². The first-order valence-corrected chi connectivity index (χ1v) is 5.96. The zero-order valence-electron chi connectivity index (χ0n) is 11.1. The van der Waals surface area contributed by atoms with E-state index in [1.54, 1.807) is 13.8 Å². The Balaban J connectivity index is 4.01. The minimum Gasteiger partial charge on any atom is -0.463 e. The molecule has 0 radical (unpaired) electrons. The van der Waals surface area contributed by atoms with Crippen molar-refractivity contribution in [2.75, 3.05) is 26.4 Å². The van der Waals surface area contributed by atoms with Crippen molar-refractivity contribution in [1.82, 2.24) is 5.32 Å². The van der Waals surface area contributed by atoms with Crippen LogP contribution in [0.25, 0.3) is 0 Å². The lowest BCUT2D eigenvalue weighted by Gasteiger charge is -2.18. The molecule has 0 aliphatic heterocycles. The molecule has 1 N–H and O–H groups in total. The monoisotopic (exact) mass is 245 g/mol. The Bertz CT molecular complexity index is 235. The van der Waals surface area contributed by atoms with E-state index in [2.05, 4.69) is 5.32 Å². The van der Waals surface area contributed by atoms with Gasteiger partial charge in [-0.15, -0.1) is 0 Å². The predicted octanol–water partition coefficient (Wildman–Crippen LogP) is 1.44. The summed E-state index contributed by atoms with van der Waals surface area (Å²) in [7, 11) is 0. The standard InChI is InChI=1S/C12H23NO4/c1-5-15-11(14)8-10(4)13-9-12(16-6-2)17-7-3/h8,12-13H,5-7,9H2,1-4H3/b10-8+. The molecule has 0 atom stereocenters. The highest BCUT2D eigenvalue weighted by Gasteiger charge is 2.07. The number of allylic oxidation sites excluding steroid dienone is 1. The fourth-order valence-corrected chi connectivity index (χ4v) is 1.19. The van der Waals surface area contributed by atoms with E-state index >= 15 is 0 Å². The van der Waals surface area contributed by atoms with Crippen molar-refractivity contribution in [1.29, 1.82) is 0 Å². The zero-order valence-corrected chi connectivity index (χ0v) is 11.1. The average molecular weight is 245 g/mol. The largest absolute Gasteiger partial charge is 0.463 e. The van der Waals surface area contributed by atoms with Crippen molar-refractivity contribution in [2.24, 2.45) is 0 Å². The second-order valence-electron chi connectivity index (χ2n) is 3.30. The second-order valence-corrected chi connectivity index (χ2v) is 3.30. The highest BCUT2D eigenvalue weighted by atomic mass is 16.7. The summed E-state index contributed by atoms with van der Waals surface area (Å²) < 4.78 is 15.5. The van der Waals surface area contributed by atoms with E-state index < -0.39 is 0 Å². The average Bonchev–Trinajstić information content (AvgIpc) is 2.27. The summed E-state index contributed by atoms with van der Waals surface area (Å²) in [5.74, 6) is -0.345. The lowest BCUT2D eigenvalue weighted by molar-refractivity contribution is -0.137. The first kappa shape index (κ1) is 15.9. The Morgan fingerprint density at radius 2 is 1.76 bits per heavy atom. The quantitative estimate of drug-likeness (QED) is 0.378. The van der Waals surface area contributed by atoms with Crippen molar-refractivity contribution >= 4 is 5.97 Å². The van der Waals surface area contributed by atoms with Crippen LogP contribution in [-0.4, -0.2) is 38.6 Å². The van der Waals surface area contributed by atoms with Crippen LogP contribution in [-0.2, 0) is 19.0 Å². The summed E-state index contributed by atoms with van der Waals surface area (Å²) in [5.41, 5.74) is 0.729. The van der Waals surface area contributed by atoms with E-state index in [-0.39, 0.29) is 12.3 Å². The minimum absolute atomic E-state index is 0.296. The topological polar surface area (TPSA) is 56.8 Å². The number of hydrogen-bond donors (Lipinski definition) is 1. The van der Waals surface area contributed by atoms with Crippen LogP contribution in [0.3, 0.4) is 0 Å². The molecular formula is C12H23NO4. The van der Waals surface area contributed by atoms with Gasteiger partial charge in [-0.3, -0.25) is 0 Å². The molecule has 0 fully saturated rings. The van der Waals surface area contributed by atoms with Gasteiger partial charge in [0.1, 0.15) is 0 Å². The molecule has 17 heavy (non-hydrogen) atoms. The maximum atomic E-state index is 11.1. The highest BCUT2D eigenvalue weighted by molar-refractivity contribution is 5.82. The van der Waals surface area contributed by atoms with Gasteiger partial charge in [0.15, 0.2) is 6.29 Å². The molecule has 0 aromatic rings. The number of carbonyl (C=O) groups excluding carboxylic acids is 1. The van der Waals surface area contributed by atoms with E-state index in [0.717, 1.165) is 5.70 Å². The summed E-state index contributed by atoms with van der Waals surface area (Å²) in [4.78, 5) is 11.1. The van der Waals surface area contributed by atoms with Crippen molar-refractivity contribution in [3.63, 3.8) is 0 Å². The molecular weight excluding hydrogens is 222 g/mol. The molecule has 0 amide bonds. The molecule has 5 heteroatoms. The van der Waals surface area contributed by atoms with E-state index in [0.29, 0.717) is 26.4 Å². The molecule has 0 aromatic carbocycles. The van der Waals surface area contributed by atoms with Crippen LogP contribution >= 0.6 is 0 Å². The lowest BCUT2D eigenvalue weighted by Crippen LogP contribution is -2.31. The van der Waals surface area contributed by atoms with Crippen molar-refractivity contribution in [2.45, 2.75) is 34.0 Å². The number of ether oxygens (including phenoxy) is 3. The number of esters is 1. The Morgan fingerprint density at radius 1 is 1.18 bits per heavy atom. The van der Waals surface area contributed by atoms with Crippen LogP contribution in [0.4, 0.5) is 0 Å². The van der Waals surface area contributed by atoms with Crippen LogP contribution in [0.2, 0.25) is 0 Å². The third-order valence-corrected chi connectivity index (χ3v) is 1.87. The summed E-state index contributed by atoms with van der Waals surface area (Å²) >= 11 is 0. The van der Waals surface area contributed by atoms with Gasteiger partial charge in [-0.05, 0) is 27.7 Å². The van der Waals surface area contributed by atoms with E-state index in [9.17, 15) is 4.79 Å². The number of hydrogen-bond acceptors (Lipinski definition) is 5. The van der Waals surface area contributed by atoms with Gasteiger partial charge >= 0.3 is 5.97 Å². The molecule has 0 aliphatic carbocycles. The van der Waals surface area contributed by atoms with E-state index in [1.165, 1.54) is 6.08 Å². The molecule has 5 nitrogen and oxygen atoms in total. The molecule has 0 saturated carbocycles. The highest BCUT2D eigenvalue weighted by Crippen LogP contribution is 1.96. The van der Waals surface area contributed by atoms with Crippen LogP contribution in [0, 0.1) is 0 Å². The predicted molar refractivity (Wildman–Crippen MR) is 65.4 cm³/mol. The van der Waals surface area contributed by atoms with Gasteiger partial charge in [-0.25, -0.2) is 4.79 Å². The number of rotatable bonds is 9. The molecule has 100 valence electrons. The molecule has 0 heterocycles. The Hall–Kier alpha value is -1.07. The van der Waals surface area contributed by atoms with Crippen LogP contribution < -0.4 is 5.32 Å². The molecule has 0 aliphatic rings. The van der Waals surface area contributed by atoms with Gasteiger partial charge < -0.3 is 19.5 Å². The zero-order chi connectivity index (χ0) is 13.1. The Labute approximate surface area is 103 Å². The maximum Gasteiger partial charge on any atom is 0.332 e. The number of nitrogens with one attached hydrogen (secondary N) is 1. The first-order chi connectivity index (χ1) is 8.13. The van der Waals surface area contributed by atoms with Crippen LogP contribution in [0.5, 0.6) is 0 Å². The van der Waals surface area contributed by atoms with Crippen molar-refractivity contribution in [3.8, 4) is 0 Å². The van der Waals surface area contributed by atoms with Crippen molar-refractivity contribution < 1.29 is 19.0 Å². The molecule has 0 unspecified atom stereocenters. The smallest absolute Gasteiger partial charge is 0.332 e. The van der Waals surface area contributed by atoms with Gasteiger partial charge in [-0.2, -0.15) is 0 Å². The maximum absolute atomic E-state index is 11.1. The summed E-state index contributed by atoms with van der Waals surface area (Å²) in [6, 6.07) is 0. The van der Waals surface area contributed by atoms with E-state index in [4.69, 9.17) is 14.2 Å². The fraction of sp³-hybridized carbons (Fsp3) is 0.750. The molecule has 0 rings (SSSR count). The van der Waals surface area contributed by atoms with Gasteiger partial charge in [-0.1, -0.05) is 0 Å². The third kappa shape index (κ3) is 8.71. The van der Waals surface area contributed by atoms with Gasteiger partial charge in [0.25, 0.3) is 0 Å². The normalized spacial score (nSPS) is 11.7. The summed E-state index contributed by atoms with van der Waals surface area (Å²) in [6.45, 7) is 9.45. The van der Waals surface area contributed by atoms with Gasteiger partial charge in [0.2, 0.25) is 0 Å². The fourth-order valence-electron chi connectivity index (χ4n) is 1.19. The molecule has 0 spiro atoms. The number of carbonyl (C=O) groups is 1. The van der Waals surface area contributed by atoms with Crippen molar-refractivity contribution in [3.05, 3.63) is 11.8 Å². The summed E-state index contributed by atoms with van der Waals surface area (Å²) in [5, 5.41) is 3.05. The SMILES string of the molecule is CCOC(=O)/C=C(\C)NCC(OCC)OCC. The Kier molecular flexibility index (Phi) is 9.47. The lowest BCUT2D eigenvalue weighted by atomic mass is 10.4. The molecule has 0 saturated heterocycles. The van der Waals surface area contributed by atoms with Gasteiger partial charge in [0, 0.05) is 25.0 Å². The molecule has 0 bridgehead atoms. The first-order valence-electron chi connectivity index (χ1n) is 5.96. The Morgan fingerprint density at radius 3 is 2.24 bits per heavy atom. The second kappa shape index (κ2) is 10.1. The van der Waals surface area contributed by atoms with E-state index in [1.807, 2.05) is 13.8 Å². The molecule has 0 aromatic heterocycles.